The Bertz CT molecular complexity index is 361. The first-order valence-electron chi connectivity index (χ1n) is 7.71. The highest BCUT2D eigenvalue weighted by Gasteiger charge is 2.35. The van der Waals surface area contributed by atoms with Crippen LogP contribution in [0.4, 0.5) is 0 Å². The predicted molar refractivity (Wildman–Crippen MR) is 95.4 cm³/mol. The number of thioether (sulfide) groups is 1. The lowest BCUT2D eigenvalue weighted by Gasteiger charge is -2.26. The Morgan fingerprint density at radius 2 is 1.91 bits per heavy atom. The monoisotopic (exact) mass is 351 g/mol. The molecule has 0 aromatic heterocycles. The van der Waals surface area contributed by atoms with Gasteiger partial charge in [-0.05, 0) is 18.4 Å². The standard InChI is InChI=1S/C15H29N3O2S.ClH/c1-5-6-16-7-8-17-14(20)12-10-21-11-18(12)13(19)9-15(2,3)4;/h12,16H,5-11H2,1-4H3,(H,17,20);1H. The van der Waals surface area contributed by atoms with Gasteiger partial charge in [0.2, 0.25) is 11.8 Å². The fourth-order valence-electron chi connectivity index (χ4n) is 2.15. The van der Waals surface area contributed by atoms with Gasteiger partial charge in [-0.3, -0.25) is 9.59 Å². The summed E-state index contributed by atoms with van der Waals surface area (Å²) in [5, 5.41) is 6.17. The normalized spacial score (nSPS) is 18.0. The van der Waals surface area contributed by atoms with E-state index in [9.17, 15) is 9.59 Å². The minimum atomic E-state index is -0.309. The van der Waals surface area contributed by atoms with Crippen molar-refractivity contribution in [2.24, 2.45) is 5.41 Å². The zero-order valence-electron chi connectivity index (χ0n) is 14.1. The van der Waals surface area contributed by atoms with Crippen LogP contribution >= 0.6 is 24.2 Å². The van der Waals surface area contributed by atoms with Crippen LogP contribution in [-0.2, 0) is 9.59 Å². The number of nitrogens with zero attached hydrogens (tertiary/aromatic N) is 1. The number of rotatable bonds is 7. The molecule has 0 aromatic carbocycles. The number of carbonyl (C=O) groups is 2. The molecule has 2 N–H and O–H groups in total. The molecule has 2 amide bonds. The second-order valence-corrected chi connectivity index (χ2v) is 7.66. The van der Waals surface area contributed by atoms with Crippen LogP contribution in [0.3, 0.4) is 0 Å². The molecule has 1 atom stereocenters. The first kappa shape index (κ1) is 21.5. The summed E-state index contributed by atoms with van der Waals surface area (Å²) in [6.45, 7) is 10.6. The SMILES string of the molecule is CCCNCCNC(=O)C1CSCN1C(=O)CC(C)(C)C.Cl. The third kappa shape index (κ3) is 7.70. The minimum Gasteiger partial charge on any atom is -0.353 e. The molecule has 0 aromatic rings. The molecule has 0 radical (unpaired) electrons. The van der Waals surface area contributed by atoms with Crippen LogP contribution < -0.4 is 10.6 Å². The van der Waals surface area contributed by atoms with Crippen LogP contribution in [0.2, 0.25) is 0 Å². The van der Waals surface area contributed by atoms with E-state index in [1.54, 1.807) is 16.7 Å². The van der Waals surface area contributed by atoms with E-state index < -0.39 is 0 Å². The van der Waals surface area contributed by atoms with Crippen molar-refractivity contribution in [1.29, 1.82) is 0 Å². The van der Waals surface area contributed by atoms with Gasteiger partial charge in [-0.1, -0.05) is 27.7 Å². The lowest BCUT2D eigenvalue weighted by molar-refractivity contribution is -0.139. The van der Waals surface area contributed by atoms with E-state index in [0.29, 0.717) is 24.6 Å². The maximum absolute atomic E-state index is 12.3. The molecular formula is C15H30ClN3O2S. The molecule has 1 saturated heterocycles. The second kappa shape index (κ2) is 10.3. The Labute approximate surface area is 144 Å². The van der Waals surface area contributed by atoms with E-state index in [4.69, 9.17) is 0 Å². The van der Waals surface area contributed by atoms with Gasteiger partial charge >= 0.3 is 0 Å². The average molecular weight is 352 g/mol. The first-order chi connectivity index (χ1) is 9.85. The summed E-state index contributed by atoms with van der Waals surface area (Å²) >= 11 is 1.65. The van der Waals surface area contributed by atoms with Gasteiger partial charge in [-0.25, -0.2) is 0 Å². The van der Waals surface area contributed by atoms with Gasteiger partial charge in [0, 0.05) is 25.3 Å². The van der Waals surface area contributed by atoms with Crippen molar-refractivity contribution in [2.45, 2.75) is 46.6 Å². The molecule has 1 fully saturated rings. The lowest BCUT2D eigenvalue weighted by atomic mass is 9.91. The predicted octanol–water partition coefficient (Wildman–Crippen LogP) is 1.86. The smallest absolute Gasteiger partial charge is 0.243 e. The summed E-state index contributed by atoms with van der Waals surface area (Å²) in [6, 6.07) is -0.309. The number of hydrogen-bond donors (Lipinski definition) is 2. The summed E-state index contributed by atoms with van der Waals surface area (Å²) in [5.74, 6) is 1.38. The van der Waals surface area contributed by atoms with Crippen molar-refractivity contribution in [3.8, 4) is 0 Å². The van der Waals surface area contributed by atoms with Crippen molar-refractivity contribution in [3.63, 3.8) is 0 Å². The first-order valence-corrected chi connectivity index (χ1v) is 8.86. The van der Waals surface area contributed by atoms with Gasteiger partial charge in [0.15, 0.2) is 0 Å². The highest BCUT2D eigenvalue weighted by atomic mass is 35.5. The maximum atomic E-state index is 12.3. The Hall–Kier alpha value is -0.460. The van der Waals surface area contributed by atoms with E-state index >= 15 is 0 Å². The third-order valence-electron chi connectivity index (χ3n) is 3.21. The van der Waals surface area contributed by atoms with Crippen LogP contribution in [0, 0.1) is 5.41 Å². The molecule has 0 aliphatic carbocycles. The molecule has 0 saturated carbocycles. The number of nitrogens with one attached hydrogen (secondary N) is 2. The quantitative estimate of drug-likeness (QED) is 0.687. The van der Waals surface area contributed by atoms with E-state index in [1.165, 1.54) is 0 Å². The second-order valence-electron chi connectivity index (χ2n) is 6.66. The molecule has 0 bridgehead atoms. The molecule has 7 heteroatoms. The van der Waals surface area contributed by atoms with Gasteiger partial charge in [0.1, 0.15) is 6.04 Å². The molecule has 1 unspecified atom stereocenters. The molecule has 0 spiro atoms. The van der Waals surface area contributed by atoms with Crippen molar-refractivity contribution < 1.29 is 9.59 Å². The van der Waals surface area contributed by atoms with Gasteiger partial charge < -0.3 is 15.5 Å². The highest BCUT2D eigenvalue weighted by molar-refractivity contribution is 7.99. The molecule has 130 valence electrons. The highest BCUT2D eigenvalue weighted by Crippen LogP contribution is 2.26. The van der Waals surface area contributed by atoms with Crippen LogP contribution in [0.1, 0.15) is 40.5 Å². The summed E-state index contributed by atoms with van der Waals surface area (Å²) in [6.07, 6.45) is 1.57. The largest absolute Gasteiger partial charge is 0.353 e. The van der Waals surface area contributed by atoms with Crippen LogP contribution in [0.5, 0.6) is 0 Å². The molecule has 1 aliphatic heterocycles. The molecule has 22 heavy (non-hydrogen) atoms. The van der Waals surface area contributed by atoms with Crippen LogP contribution in [0.25, 0.3) is 0 Å². The van der Waals surface area contributed by atoms with Crippen molar-refractivity contribution in [1.82, 2.24) is 15.5 Å². The Morgan fingerprint density at radius 1 is 1.23 bits per heavy atom. The summed E-state index contributed by atoms with van der Waals surface area (Å²) < 4.78 is 0. The zero-order chi connectivity index (χ0) is 15.9. The third-order valence-corrected chi connectivity index (χ3v) is 4.23. The van der Waals surface area contributed by atoms with Gasteiger partial charge in [0.05, 0.1) is 5.88 Å². The number of halogens is 1. The lowest BCUT2D eigenvalue weighted by Crippen LogP contribution is -2.49. The number of hydrogen-bond acceptors (Lipinski definition) is 4. The van der Waals surface area contributed by atoms with E-state index in [-0.39, 0.29) is 35.7 Å². The van der Waals surface area contributed by atoms with Gasteiger partial charge in [0.25, 0.3) is 0 Å². The average Bonchev–Trinajstić information content (AvgIpc) is 2.85. The van der Waals surface area contributed by atoms with Crippen molar-refractivity contribution >= 4 is 36.0 Å². The van der Waals surface area contributed by atoms with E-state index in [2.05, 4.69) is 17.6 Å². The molecule has 1 rings (SSSR count). The van der Waals surface area contributed by atoms with E-state index in [0.717, 1.165) is 19.5 Å². The van der Waals surface area contributed by atoms with Crippen LogP contribution in [-0.4, -0.2) is 54.0 Å². The summed E-state index contributed by atoms with van der Waals surface area (Å²) in [5.41, 5.74) is -0.0462. The maximum Gasteiger partial charge on any atom is 0.243 e. The van der Waals surface area contributed by atoms with Crippen molar-refractivity contribution in [3.05, 3.63) is 0 Å². The molecule has 1 aliphatic rings. The Balaban J connectivity index is 0.00000441. The fourth-order valence-corrected chi connectivity index (χ4v) is 3.34. The molecular weight excluding hydrogens is 322 g/mol. The fraction of sp³-hybridized carbons (Fsp3) is 0.867. The topological polar surface area (TPSA) is 61.4 Å². The number of amides is 2. The van der Waals surface area contributed by atoms with E-state index in [1.807, 2.05) is 20.8 Å². The van der Waals surface area contributed by atoms with Gasteiger partial charge in [-0.15, -0.1) is 24.2 Å². The Morgan fingerprint density at radius 3 is 2.50 bits per heavy atom. The number of carbonyl (C=O) groups excluding carboxylic acids is 2. The zero-order valence-corrected chi connectivity index (χ0v) is 15.7. The molecule has 1 heterocycles. The summed E-state index contributed by atoms with van der Waals surface area (Å²) in [7, 11) is 0. The van der Waals surface area contributed by atoms with Crippen LogP contribution in [0.15, 0.2) is 0 Å². The van der Waals surface area contributed by atoms with Crippen molar-refractivity contribution in [2.75, 3.05) is 31.3 Å². The summed E-state index contributed by atoms with van der Waals surface area (Å²) in [4.78, 5) is 26.3. The van der Waals surface area contributed by atoms with Gasteiger partial charge in [-0.2, -0.15) is 0 Å². The molecule has 5 nitrogen and oxygen atoms in total. The Kier molecular flexibility index (Phi) is 10.1. The minimum absolute atomic E-state index is 0.